The van der Waals surface area contributed by atoms with Gasteiger partial charge in [-0.25, -0.2) is 0 Å². The van der Waals surface area contributed by atoms with Crippen molar-refractivity contribution in [3.8, 4) is 0 Å². The maximum Gasteiger partial charge on any atom is 0.244 e. The van der Waals surface area contributed by atoms with Gasteiger partial charge in [0, 0.05) is 16.1 Å². The van der Waals surface area contributed by atoms with Crippen molar-refractivity contribution in [3.05, 3.63) is 74.8 Å². The third-order valence-corrected chi connectivity index (χ3v) is 5.44. The van der Waals surface area contributed by atoms with Crippen LogP contribution in [0.15, 0.2) is 42.5 Å². The van der Waals surface area contributed by atoms with Gasteiger partial charge in [-0.15, -0.1) is 0 Å². The molecule has 1 amide bonds. The Morgan fingerprint density at radius 1 is 1.12 bits per heavy atom. The topological polar surface area (TPSA) is 29.1 Å². The van der Waals surface area contributed by atoms with Gasteiger partial charge in [0.05, 0.1) is 6.04 Å². The largest absolute Gasteiger partial charge is 0.346 e. The molecular formula is C22H23Cl2NO. The molecule has 2 nitrogen and oxygen atoms in total. The van der Waals surface area contributed by atoms with Gasteiger partial charge >= 0.3 is 0 Å². The van der Waals surface area contributed by atoms with E-state index >= 15 is 0 Å². The van der Waals surface area contributed by atoms with Crippen LogP contribution < -0.4 is 5.32 Å². The van der Waals surface area contributed by atoms with Crippen molar-refractivity contribution in [2.75, 3.05) is 0 Å². The van der Waals surface area contributed by atoms with Crippen molar-refractivity contribution < 1.29 is 4.79 Å². The van der Waals surface area contributed by atoms with Crippen LogP contribution in [0.2, 0.25) is 10.0 Å². The lowest BCUT2D eigenvalue weighted by atomic mass is 9.89. The molecule has 3 rings (SSSR count). The van der Waals surface area contributed by atoms with Crippen LogP contribution in [-0.2, 0) is 17.6 Å². The van der Waals surface area contributed by atoms with Crippen LogP contribution in [0.5, 0.6) is 0 Å². The van der Waals surface area contributed by atoms with Crippen molar-refractivity contribution in [2.24, 2.45) is 0 Å². The van der Waals surface area contributed by atoms with Crippen molar-refractivity contribution >= 4 is 35.2 Å². The number of hydrogen-bond acceptors (Lipinski definition) is 1. The Kier molecular flexibility index (Phi) is 6.39. The molecule has 2 aromatic carbocycles. The van der Waals surface area contributed by atoms with E-state index in [4.69, 9.17) is 23.2 Å². The van der Waals surface area contributed by atoms with E-state index in [-0.39, 0.29) is 11.9 Å². The predicted octanol–water partition coefficient (Wildman–Crippen LogP) is 6.15. The first-order valence-corrected chi connectivity index (χ1v) is 9.87. The van der Waals surface area contributed by atoms with E-state index in [1.807, 2.05) is 0 Å². The number of hydrogen-bond donors (Lipinski definition) is 1. The molecule has 26 heavy (non-hydrogen) atoms. The molecule has 4 heteroatoms. The summed E-state index contributed by atoms with van der Waals surface area (Å²) >= 11 is 12.0. The number of nitrogens with one attached hydrogen (secondary N) is 1. The summed E-state index contributed by atoms with van der Waals surface area (Å²) < 4.78 is 0. The normalized spacial score (nSPS) is 14.9. The molecule has 2 aromatic rings. The van der Waals surface area contributed by atoms with Gasteiger partial charge in [0.25, 0.3) is 0 Å². The van der Waals surface area contributed by atoms with E-state index in [1.165, 1.54) is 42.0 Å². The molecule has 0 bridgehead atoms. The molecular weight excluding hydrogens is 365 g/mol. The minimum atomic E-state index is -0.124. The fourth-order valence-electron chi connectivity index (χ4n) is 3.41. The number of carbonyl (C=O) groups excluding carboxylic acids is 1. The number of fused-ring (bicyclic) bond motifs is 1. The first-order valence-electron chi connectivity index (χ1n) is 9.12. The average molecular weight is 388 g/mol. The van der Waals surface area contributed by atoms with E-state index in [0.29, 0.717) is 10.0 Å². The molecule has 1 aliphatic rings. The third-order valence-electron chi connectivity index (χ3n) is 4.88. The van der Waals surface area contributed by atoms with Gasteiger partial charge in [0.2, 0.25) is 5.91 Å². The average Bonchev–Trinajstić information content (AvgIpc) is 2.65. The zero-order chi connectivity index (χ0) is 18.5. The van der Waals surface area contributed by atoms with Gasteiger partial charge in [0.15, 0.2) is 0 Å². The molecule has 1 N–H and O–H groups in total. The summed E-state index contributed by atoms with van der Waals surface area (Å²) in [6.07, 6.45) is 8.93. The second kappa shape index (κ2) is 8.75. The Morgan fingerprint density at radius 3 is 2.62 bits per heavy atom. The second-order valence-electron chi connectivity index (χ2n) is 6.70. The zero-order valence-corrected chi connectivity index (χ0v) is 16.4. The van der Waals surface area contributed by atoms with E-state index < -0.39 is 0 Å². The highest BCUT2D eigenvalue weighted by Crippen LogP contribution is 2.26. The number of benzene rings is 2. The van der Waals surface area contributed by atoms with Crippen molar-refractivity contribution in [1.82, 2.24) is 5.32 Å². The fourth-order valence-corrected chi connectivity index (χ4v) is 3.88. The lowest BCUT2D eigenvalue weighted by Gasteiger charge is -2.21. The monoisotopic (exact) mass is 387 g/mol. The Morgan fingerprint density at radius 2 is 1.88 bits per heavy atom. The Bertz CT molecular complexity index is 829. The molecule has 0 heterocycles. The van der Waals surface area contributed by atoms with Gasteiger partial charge in [-0.1, -0.05) is 54.4 Å². The SMILES string of the molecule is CC[C@H](NC(=O)/C=C/c1ccc(Cl)cc1Cl)c1ccc2c(c1)CCCC2. The Labute approximate surface area is 165 Å². The van der Waals surface area contributed by atoms with Crippen LogP contribution >= 0.6 is 23.2 Å². The highest BCUT2D eigenvalue weighted by atomic mass is 35.5. The Balaban J connectivity index is 1.69. The molecule has 0 fully saturated rings. The van der Waals surface area contributed by atoms with Crippen molar-refractivity contribution in [2.45, 2.75) is 45.1 Å². The van der Waals surface area contributed by atoms with Crippen LogP contribution in [0.3, 0.4) is 0 Å². The van der Waals surface area contributed by atoms with Crippen LogP contribution in [0.4, 0.5) is 0 Å². The summed E-state index contributed by atoms with van der Waals surface area (Å²) in [5.74, 6) is -0.124. The number of carbonyl (C=O) groups is 1. The number of rotatable bonds is 5. The van der Waals surface area contributed by atoms with Gasteiger partial charge in [-0.3, -0.25) is 4.79 Å². The summed E-state index contributed by atoms with van der Waals surface area (Å²) in [7, 11) is 0. The number of aryl methyl sites for hydroxylation is 2. The first kappa shape index (κ1) is 19.0. The molecule has 1 atom stereocenters. The fraction of sp³-hybridized carbons (Fsp3) is 0.318. The molecule has 0 unspecified atom stereocenters. The first-order chi connectivity index (χ1) is 12.6. The van der Waals surface area contributed by atoms with Gasteiger partial charge < -0.3 is 5.32 Å². The minimum absolute atomic E-state index is 0.0140. The number of amides is 1. The van der Waals surface area contributed by atoms with Crippen LogP contribution in [-0.4, -0.2) is 5.91 Å². The van der Waals surface area contributed by atoms with Gasteiger partial charge in [0.1, 0.15) is 0 Å². The van der Waals surface area contributed by atoms with E-state index in [9.17, 15) is 4.79 Å². The minimum Gasteiger partial charge on any atom is -0.346 e. The number of halogens is 2. The highest BCUT2D eigenvalue weighted by Gasteiger charge is 2.15. The molecule has 0 aromatic heterocycles. The van der Waals surface area contributed by atoms with E-state index in [0.717, 1.165) is 18.4 Å². The molecule has 136 valence electrons. The summed E-state index contributed by atoms with van der Waals surface area (Å²) in [5, 5.41) is 4.21. The molecule has 0 spiro atoms. The summed E-state index contributed by atoms with van der Waals surface area (Å²) in [6, 6.07) is 11.9. The van der Waals surface area contributed by atoms with Crippen molar-refractivity contribution in [1.29, 1.82) is 0 Å². The zero-order valence-electron chi connectivity index (χ0n) is 14.9. The van der Waals surface area contributed by atoms with Gasteiger partial charge in [-0.05, 0) is 72.6 Å². The molecule has 0 saturated carbocycles. The highest BCUT2D eigenvalue weighted by molar-refractivity contribution is 6.35. The summed E-state index contributed by atoms with van der Waals surface area (Å²) in [6.45, 7) is 2.09. The molecule has 0 radical (unpaired) electrons. The molecule has 0 aliphatic heterocycles. The summed E-state index contributed by atoms with van der Waals surface area (Å²) in [4.78, 5) is 12.4. The lowest BCUT2D eigenvalue weighted by molar-refractivity contribution is -0.117. The maximum absolute atomic E-state index is 12.4. The smallest absolute Gasteiger partial charge is 0.244 e. The van der Waals surface area contributed by atoms with Gasteiger partial charge in [-0.2, -0.15) is 0 Å². The maximum atomic E-state index is 12.4. The van der Waals surface area contributed by atoms with E-state index in [1.54, 1.807) is 24.3 Å². The van der Waals surface area contributed by atoms with Crippen molar-refractivity contribution in [3.63, 3.8) is 0 Å². The quantitative estimate of drug-likeness (QED) is 0.612. The van der Waals surface area contributed by atoms with E-state index in [2.05, 4.69) is 30.4 Å². The Hall–Kier alpha value is -1.77. The van der Waals surface area contributed by atoms with Crippen LogP contribution in [0.25, 0.3) is 6.08 Å². The van der Waals surface area contributed by atoms with Crippen LogP contribution in [0.1, 0.15) is 54.5 Å². The second-order valence-corrected chi connectivity index (χ2v) is 7.55. The molecule has 0 saturated heterocycles. The molecule has 1 aliphatic carbocycles. The standard InChI is InChI=1S/C22H23Cl2NO/c1-2-21(18-8-7-15-5-3-4-6-17(15)13-18)25-22(26)12-10-16-9-11-19(23)14-20(16)24/h7-14,21H,2-6H2,1H3,(H,25,26)/b12-10+/t21-/m0/s1. The lowest BCUT2D eigenvalue weighted by Crippen LogP contribution is -2.26. The third kappa shape index (κ3) is 4.69. The predicted molar refractivity (Wildman–Crippen MR) is 110 cm³/mol. The summed E-state index contributed by atoms with van der Waals surface area (Å²) in [5.41, 5.74) is 4.84. The van der Waals surface area contributed by atoms with Crippen LogP contribution in [0, 0.1) is 0 Å².